The van der Waals surface area contributed by atoms with Gasteiger partial charge in [-0.05, 0) is 31.0 Å². The van der Waals surface area contributed by atoms with Crippen molar-refractivity contribution in [2.45, 2.75) is 26.7 Å². The van der Waals surface area contributed by atoms with E-state index in [1.165, 1.54) is 17.4 Å². The third-order valence-electron chi connectivity index (χ3n) is 2.59. The van der Waals surface area contributed by atoms with Crippen molar-refractivity contribution in [2.24, 2.45) is 0 Å². The molecule has 1 amide bonds. The number of aromatic nitrogens is 2. The Bertz CT molecular complexity index is 597. The van der Waals surface area contributed by atoms with E-state index >= 15 is 0 Å². The molecule has 19 heavy (non-hydrogen) atoms. The first-order valence-corrected chi connectivity index (χ1v) is 6.81. The van der Waals surface area contributed by atoms with Crippen LogP contribution in [-0.4, -0.2) is 16.1 Å². The van der Waals surface area contributed by atoms with Crippen LogP contribution in [0.2, 0.25) is 0 Å². The van der Waals surface area contributed by atoms with Gasteiger partial charge in [-0.15, -0.1) is 10.2 Å². The number of carbonyl (C=O) groups excluding carboxylic acids is 1. The van der Waals surface area contributed by atoms with Gasteiger partial charge in [0.05, 0.1) is 0 Å². The maximum Gasteiger partial charge on any atom is 0.257 e. The van der Waals surface area contributed by atoms with Crippen molar-refractivity contribution in [1.29, 1.82) is 0 Å². The van der Waals surface area contributed by atoms with Crippen LogP contribution < -0.4 is 5.32 Å². The van der Waals surface area contributed by atoms with Gasteiger partial charge in [-0.3, -0.25) is 10.1 Å². The molecule has 2 rings (SSSR count). The van der Waals surface area contributed by atoms with Gasteiger partial charge in [0.2, 0.25) is 5.13 Å². The van der Waals surface area contributed by atoms with Crippen LogP contribution in [0.3, 0.4) is 0 Å². The highest BCUT2D eigenvalue weighted by Crippen LogP contribution is 2.18. The van der Waals surface area contributed by atoms with Crippen molar-refractivity contribution in [3.63, 3.8) is 0 Å². The maximum absolute atomic E-state index is 13.4. The Labute approximate surface area is 114 Å². The number of halogens is 1. The predicted molar refractivity (Wildman–Crippen MR) is 73.0 cm³/mol. The summed E-state index contributed by atoms with van der Waals surface area (Å²) in [5.41, 5.74) is 0.785. The normalized spacial score (nSPS) is 10.5. The van der Waals surface area contributed by atoms with E-state index in [9.17, 15) is 9.18 Å². The molecule has 0 saturated carbocycles. The third-order valence-corrected chi connectivity index (χ3v) is 3.48. The van der Waals surface area contributed by atoms with Crippen LogP contribution in [0.15, 0.2) is 18.2 Å². The largest absolute Gasteiger partial charge is 0.296 e. The van der Waals surface area contributed by atoms with Gasteiger partial charge in [-0.25, -0.2) is 4.39 Å². The summed E-state index contributed by atoms with van der Waals surface area (Å²) < 4.78 is 13.4. The van der Waals surface area contributed by atoms with Gasteiger partial charge in [0.1, 0.15) is 10.8 Å². The Kier molecular flexibility index (Phi) is 4.21. The number of hydrogen-bond donors (Lipinski definition) is 1. The number of hydrogen-bond acceptors (Lipinski definition) is 4. The fourth-order valence-corrected chi connectivity index (χ4v) is 2.36. The number of rotatable bonds is 4. The van der Waals surface area contributed by atoms with E-state index in [2.05, 4.69) is 22.4 Å². The first-order chi connectivity index (χ1) is 9.10. The molecule has 1 heterocycles. The molecular formula is C13H14FN3OS. The Morgan fingerprint density at radius 1 is 1.42 bits per heavy atom. The molecule has 0 bridgehead atoms. The van der Waals surface area contributed by atoms with Crippen LogP contribution in [-0.2, 0) is 6.42 Å². The summed E-state index contributed by atoms with van der Waals surface area (Å²) >= 11 is 1.34. The summed E-state index contributed by atoms with van der Waals surface area (Å²) in [7, 11) is 0. The van der Waals surface area contributed by atoms with E-state index in [0.29, 0.717) is 10.7 Å². The number of anilines is 1. The zero-order valence-electron chi connectivity index (χ0n) is 10.7. The van der Waals surface area contributed by atoms with Crippen molar-refractivity contribution in [3.8, 4) is 0 Å². The molecule has 0 unspecified atom stereocenters. The second-order valence-electron chi connectivity index (χ2n) is 4.17. The van der Waals surface area contributed by atoms with Crippen LogP contribution in [0.1, 0.15) is 34.3 Å². The zero-order valence-corrected chi connectivity index (χ0v) is 11.6. The molecule has 6 heteroatoms. The summed E-state index contributed by atoms with van der Waals surface area (Å²) in [6, 6.07) is 4.38. The fraction of sp³-hybridized carbons (Fsp3) is 0.308. The average molecular weight is 279 g/mol. The minimum Gasteiger partial charge on any atom is -0.296 e. The van der Waals surface area contributed by atoms with Crippen molar-refractivity contribution >= 4 is 22.4 Å². The molecule has 0 aliphatic rings. The molecule has 100 valence electrons. The quantitative estimate of drug-likeness (QED) is 0.935. The lowest BCUT2D eigenvalue weighted by molar-refractivity contribution is 0.102. The fourth-order valence-electron chi connectivity index (χ4n) is 1.52. The molecule has 1 aromatic heterocycles. The van der Waals surface area contributed by atoms with E-state index in [4.69, 9.17) is 0 Å². The summed E-state index contributed by atoms with van der Waals surface area (Å²) in [6.07, 6.45) is 1.82. The van der Waals surface area contributed by atoms with Crippen molar-refractivity contribution in [3.05, 3.63) is 40.2 Å². The lowest BCUT2D eigenvalue weighted by Crippen LogP contribution is -2.12. The molecule has 0 fully saturated rings. The molecule has 0 aliphatic heterocycles. The Hall–Kier alpha value is -1.82. The number of nitrogens with one attached hydrogen (secondary N) is 1. The molecule has 2 aromatic rings. The van der Waals surface area contributed by atoms with Gasteiger partial charge >= 0.3 is 0 Å². The summed E-state index contributed by atoms with van der Waals surface area (Å²) in [5.74, 6) is -0.769. The smallest absolute Gasteiger partial charge is 0.257 e. The third kappa shape index (κ3) is 3.35. The van der Waals surface area contributed by atoms with Gasteiger partial charge in [-0.1, -0.05) is 24.3 Å². The topological polar surface area (TPSA) is 54.9 Å². The standard InChI is InChI=1S/C13H14FN3OS/c1-3-4-11-16-17-13(19-11)15-12(18)9-6-5-8(2)10(14)7-9/h5-7H,3-4H2,1-2H3,(H,15,17,18). The second-order valence-corrected chi connectivity index (χ2v) is 5.23. The molecule has 0 aliphatic carbocycles. The molecule has 1 N–H and O–H groups in total. The molecule has 0 radical (unpaired) electrons. The number of carbonyl (C=O) groups is 1. The predicted octanol–water partition coefficient (Wildman–Crippen LogP) is 3.19. The van der Waals surface area contributed by atoms with E-state index in [0.717, 1.165) is 17.8 Å². The van der Waals surface area contributed by atoms with Crippen molar-refractivity contribution in [2.75, 3.05) is 5.32 Å². The van der Waals surface area contributed by atoms with Crippen LogP contribution in [0.4, 0.5) is 9.52 Å². The summed E-state index contributed by atoms with van der Waals surface area (Å²) in [5, 5.41) is 11.8. The van der Waals surface area contributed by atoms with Crippen molar-refractivity contribution < 1.29 is 9.18 Å². The maximum atomic E-state index is 13.4. The van der Waals surface area contributed by atoms with Crippen LogP contribution in [0.25, 0.3) is 0 Å². The Balaban J connectivity index is 2.09. The number of benzene rings is 1. The number of aryl methyl sites for hydroxylation is 2. The first kappa shape index (κ1) is 13.6. The monoisotopic (exact) mass is 279 g/mol. The Morgan fingerprint density at radius 2 is 2.21 bits per heavy atom. The first-order valence-electron chi connectivity index (χ1n) is 6.00. The van der Waals surface area contributed by atoms with Gasteiger partial charge in [0.25, 0.3) is 5.91 Å². The average Bonchev–Trinajstić information content (AvgIpc) is 2.80. The number of amides is 1. The van der Waals surface area contributed by atoms with Crippen molar-refractivity contribution in [1.82, 2.24) is 10.2 Å². The van der Waals surface area contributed by atoms with Crippen LogP contribution in [0, 0.1) is 12.7 Å². The van der Waals surface area contributed by atoms with E-state index in [1.807, 2.05) is 0 Å². The molecular weight excluding hydrogens is 265 g/mol. The molecule has 0 spiro atoms. The van der Waals surface area contributed by atoms with Gasteiger partial charge in [0, 0.05) is 12.0 Å². The lowest BCUT2D eigenvalue weighted by atomic mass is 10.1. The van der Waals surface area contributed by atoms with Crippen LogP contribution >= 0.6 is 11.3 Å². The molecule has 4 nitrogen and oxygen atoms in total. The molecule has 0 saturated heterocycles. The van der Waals surface area contributed by atoms with Gasteiger partial charge < -0.3 is 0 Å². The highest BCUT2D eigenvalue weighted by molar-refractivity contribution is 7.15. The summed E-state index contributed by atoms with van der Waals surface area (Å²) in [4.78, 5) is 11.9. The highest BCUT2D eigenvalue weighted by atomic mass is 32.1. The minimum atomic E-state index is -0.392. The van der Waals surface area contributed by atoms with Crippen LogP contribution in [0.5, 0.6) is 0 Å². The molecule has 0 atom stereocenters. The highest BCUT2D eigenvalue weighted by Gasteiger charge is 2.11. The van der Waals surface area contributed by atoms with E-state index < -0.39 is 5.82 Å². The van der Waals surface area contributed by atoms with Gasteiger partial charge in [-0.2, -0.15) is 0 Å². The minimum absolute atomic E-state index is 0.273. The van der Waals surface area contributed by atoms with E-state index in [1.54, 1.807) is 19.1 Å². The zero-order chi connectivity index (χ0) is 13.8. The molecule has 1 aromatic carbocycles. The Morgan fingerprint density at radius 3 is 2.89 bits per heavy atom. The lowest BCUT2D eigenvalue weighted by Gasteiger charge is -2.02. The SMILES string of the molecule is CCCc1nnc(NC(=O)c2ccc(C)c(F)c2)s1. The second kappa shape index (κ2) is 5.88. The number of nitrogens with zero attached hydrogens (tertiary/aromatic N) is 2. The van der Waals surface area contributed by atoms with Gasteiger partial charge in [0.15, 0.2) is 0 Å². The van der Waals surface area contributed by atoms with E-state index in [-0.39, 0.29) is 11.5 Å². The summed E-state index contributed by atoms with van der Waals surface area (Å²) in [6.45, 7) is 3.70.